The molecule has 0 aliphatic heterocycles. The van der Waals surface area contributed by atoms with Crippen LogP contribution in [-0.4, -0.2) is 25.4 Å². The van der Waals surface area contributed by atoms with Crippen LogP contribution in [0.5, 0.6) is 11.5 Å². The van der Waals surface area contributed by atoms with Crippen LogP contribution < -0.4 is 15.2 Å². The third-order valence-corrected chi connectivity index (χ3v) is 1.80. The van der Waals surface area contributed by atoms with E-state index in [1.54, 1.807) is 13.8 Å². The lowest BCUT2D eigenvalue weighted by Crippen LogP contribution is -2.17. The standard InChI is InChI=1S/C10H14O2.C4H9NO2/c1-3-11-9-7-5-6-8-10(9)12-4-2;1-3(2)7-4(5)6/h5-8H,3-4H2,1-2H3;3H,1-2H3,(H2,5,6). The van der Waals surface area contributed by atoms with Crippen molar-refractivity contribution in [3.63, 3.8) is 0 Å². The van der Waals surface area contributed by atoms with E-state index in [1.807, 2.05) is 38.1 Å². The molecule has 1 aromatic carbocycles. The second kappa shape index (κ2) is 10.1. The van der Waals surface area contributed by atoms with E-state index in [4.69, 9.17) is 9.47 Å². The summed E-state index contributed by atoms with van der Waals surface area (Å²) < 4.78 is 15.1. The smallest absolute Gasteiger partial charge is 0.404 e. The van der Waals surface area contributed by atoms with Crippen molar-refractivity contribution < 1.29 is 19.0 Å². The molecule has 0 radical (unpaired) electrons. The van der Waals surface area contributed by atoms with Gasteiger partial charge in [0.05, 0.1) is 19.3 Å². The van der Waals surface area contributed by atoms with Gasteiger partial charge in [0.15, 0.2) is 11.5 Å². The molecule has 0 saturated carbocycles. The van der Waals surface area contributed by atoms with Crippen molar-refractivity contribution >= 4 is 6.09 Å². The van der Waals surface area contributed by atoms with Gasteiger partial charge in [-0.25, -0.2) is 4.79 Å². The highest BCUT2D eigenvalue weighted by atomic mass is 16.6. The largest absolute Gasteiger partial charge is 0.490 e. The van der Waals surface area contributed by atoms with Crippen LogP contribution in [0.2, 0.25) is 0 Å². The van der Waals surface area contributed by atoms with Gasteiger partial charge in [-0.05, 0) is 39.8 Å². The maximum Gasteiger partial charge on any atom is 0.404 e. The van der Waals surface area contributed by atoms with Crippen molar-refractivity contribution in [2.45, 2.75) is 33.8 Å². The molecule has 5 heteroatoms. The summed E-state index contributed by atoms with van der Waals surface area (Å²) in [6.45, 7) is 8.75. The Morgan fingerprint density at radius 1 is 1.11 bits per heavy atom. The van der Waals surface area contributed by atoms with Gasteiger partial charge in [-0.15, -0.1) is 0 Å². The first-order chi connectivity index (χ1) is 9.01. The lowest BCUT2D eigenvalue weighted by Gasteiger charge is -2.09. The molecule has 1 aromatic rings. The molecule has 2 N–H and O–H groups in total. The van der Waals surface area contributed by atoms with Gasteiger partial charge in [-0.1, -0.05) is 12.1 Å². The van der Waals surface area contributed by atoms with Crippen molar-refractivity contribution in [2.75, 3.05) is 13.2 Å². The van der Waals surface area contributed by atoms with Gasteiger partial charge in [0.25, 0.3) is 0 Å². The number of rotatable bonds is 5. The SMILES string of the molecule is CC(C)OC(N)=O.CCOc1ccccc1OCC. The average Bonchev–Trinajstić information content (AvgIpc) is 2.31. The lowest BCUT2D eigenvalue weighted by atomic mass is 10.3. The van der Waals surface area contributed by atoms with Crippen LogP contribution in [0, 0.1) is 0 Å². The molecule has 0 atom stereocenters. The van der Waals surface area contributed by atoms with Crippen molar-refractivity contribution in [1.29, 1.82) is 0 Å². The number of ether oxygens (including phenoxy) is 3. The summed E-state index contributed by atoms with van der Waals surface area (Å²) >= 11 is 0. The highest BCUT2D eigenvalue weighted by Gasteiger charge is 2.00. The summed E-state index contributed by atoms with van der Waals surface area (Å²) in [7, 11) is 0. The number of benzene rings is 1. The number of hydrogen-bond donors (Lipinski definition) is 1. The maximum absolute atomic E-state index is 9.81. The molecule has 0 saturated heterocycles. The van der Waals surface area contributed by atoms with E-state index in [1.165, 1.54) is 0 Å². The predicted octanol–water partition coefficient (Wildman–Crippen LogP) is 2.97. The van der Waals surface area contributed by atoms with Crippen molar-refractivity contribution in [2.24, 2.45) is 5.73 Å². The van der Waals surface area contributed by atoms with E-state index < -0.39 is 6.09 Å². The van der Waals surface area contributed by atoms with Crippen LogP contribution in [0.15, 0.2) is 24.3 Å². The van der Waals surface area contributed by atoms with Crippen LogP contribution in [0.4, 0.5) is 4.79 Å². The fourth-order valence-electron chi connectivity index (χ4n) is 1.23. The summed E-state index contributed by atoms with van der Waals surface area (Å²) in [6.07, 6.45) is -0.813. The Kier molecular flexibility index (Phi) is 9.04. The first-order valence-electron chi connectivity index (χ1n) is 6.31. The molecule has 19 heavy (non-hydrogen) atoms. The predicted molar refractivity (Wildman–Crippen MR) is 74.6 cm³/mol. The van der Waals surface area contributed by atoms with Crippen molar-refractivity contribution in [3.05, 3.63) is 24.3 Å². The van der Waals surface area contributed by atoms with Crippen LogP contribution in [-0.2, 0) is 4.74 Å². The molecule has 108 valence electrons. The molecule has 0 aromatic heterocycles. The fraction of sp³-hybridized carbons (Fsp3) is 0.500. The zero-order valence-electron chi connectivity index (χ0n) is 12.0. The molecule has 0 aliphatic carbocycles. The molecule has 0 heterocycles. The average molecular weight is 269 g/mol. The van der Waals surface area contributed by atoms with Crippen LogP contribution >= 0.6 is 0 Å². The number of primary amides is 1. The van der Waals surface area contributed by atoms with Gasteiger partial charge in [0.2, 0.25) is 0 Å². The van der Waals surface area contributed by atoms with Gasteiger partial charge in [-0.2, -0.15) is 0 Å². The zero-order valence-corrected chi connectivity index (χ0v) is 12.0. The highest BCUT2D eigenvalue weighted by Crippen LogP contribution is 2.25. The van der Waals surface area contributed by atoms with E-state index in [9.17, 15) is 4.79 Å². The maximum atomic E-state index is 9.81. The second-order valence-corrected chi connectivity index (χ2v) is 3.80. The minimum atomic E-state index is -0.713. The Balaban J connectivity index is 0.000000399. The molecule has 5 nitrogen and oxygen atoms in total. The van der Waals surface area contributed by atoms with Crippen molar-refractivity contribution in [3.8, 4) is 11.5 Å². The van der Waals surface area contributed by atoms with E-state index in [0.717, 1.165) is 11.5 Å². The minimum Gasteiger partial charge on any atom is -0.490 e. The third kappa shape index (κ3) is 8.77. The summed E-state index contributed by atoms with van der Waals surface area (Å²) in [5.74, 6) is 1.64. The summed E-state index contributed by atoms with van der Waals surface area (Å²) in [5, 5.41) is 0. The quantitative estimate of drug-likeness (QED) is 0.892. The summed E-state index contributed by atoms with van der Waals surface area (Å²) in [4.78, 5) is 9.81. The van der Waals surface area contributed by atoms with Gasteiger partial charge in [0, 0.05) is 0 Å². The molecule has 0 unspecified atom stereocenters. The minimum absolute atomic E-state index is 0.0995. The molecule has 1 rings (SSSR count). The monoisotopic (exact) mass is 269 g/mol. The second-order valence-electron chi connectivity index (χ2n) is 3.80. The van der Waals surface area contributed by atoms with Crippen LogP contribution in [0.3, 0.4) is 0 Å². The van der Waals surface area contributed by atoms with Crippen LogP contribution in [0.25, 0.3) is 0 Å². The topological polar surface area (TPSA) is 70.8 Å². The molecule has 0 bridgehead atoms. The Morgan fingerprint density at radius 3 is 1.74 bits per heavy atom. The van der Waals surface area contributed by atoms with E-state index in [0.29, 0.717) is 13.2 Å². The first kappa shape index (κ1) is 17.1. The number of para-hydroxylation sites is 2. The highest BCUT2D eigenvalue weighted by molar-refractivity contribution is 5.64. The van der Waals surface area contributed by atoms with Gasteiger partial charge in [0.1, 0.15) is 0 Å². The molecule has 1 amide bonds. The number of nitrogens with two attached hydrogens (primary N) is 1. The van der Waals surface area contributed by atoms with Gasteiger partial charge in [-0.3, -0.25) is 0 Å². The van der Waals surface area contributed by atoms with Crippen LogP contribution in [0.1, 0.15) is 27.7 Å². The Morgan fingerprint density at radius 2 is 1.53 bits per heavy atom. The molecular formula is C14H23NO4. The lowest BCUT2D eigenvalue weighted by molar-refractivity contribution is 0.125. The number of amides is 1. The molecule has 0 spiro atoms. The zero-order chi connectivity index (χ0) is 14.7. The molecular weight excluding hydrogens is 246 g/mol. The normalized spacial score (nSPS) is 9.32. The van der Waals surface area contributed by atoms with Gasteiger partial charge >= 0.3 is 6.09 Å². The molecule has 0 fully saturated rings. The summed E-state index contributed by atoms with van der Waals surface area (Å²) in [5.41, 5.74) is 4.63. The van der Waals surface area contributed by atoms with E-state index in [2.05, 4.69) is 10.5 Å². The number of carbonyl (C=O) groups is 1. The summed E-state index contributed by atoms with van der Waals surface area (Å²) in [6, 6.07) is 7.70. The number of carbonyl (C=O) groups excluding carboxylic acids is 1. The van der Waals surface area contributed by atoms with Crippen molar-refractivity contribution in [1.82, 2.24) is 0 Å². The Labute approximate surface area is 114 Å². The Bertz CT molecular complexity index is 341. The number of hydrogen-bond acceptors (Lipinski definition) is 4. The van der Waals surface area contributed by atoms with Gasteiger partial charge < -0.3 is 19.9 Å². The van der Waals surface area contributed by atoms with E-state index >= 15 is 0 Å². The third-order valence-electron chi connectivity index (χ3n) is 1.80. The van der Waals surface area contributed by atoms with E-state index in [-0.39, 0.29) is 6.10 Å². The fourth-order valence-corrected chi connectivity index (χ4v) is 1.23. The first-order valence-corrected chi connectivity index (χ1v) is 6.31. The Hall–Kier alpha value is -1.91. The molecule has 0 aliphatic rings.